The maximum atomic E-state index is 13.1. The fourth-order valence-electron chi connectivity index (χ4n) is 3.81. The van der Waals surface area contributed by atoms with Gasteiger partial charge in [-0.2, -0.15) is 17.7 Å². The lowest BCUT2D eigenvalue weighted by atomic mass is 10.1. The van der Waals surface area contributed by atoms with Crippen LogP contribution in [-0.4, -0.2) is 43.7 Å². The number of nitrogens with zero attached hydrogens (tertiary/aromatic N) is 5. The maximum absolute atomic E-state index is 13.1. The lowest BCUT2D eigenvalue weighted by Gasteiger charge is -2.17. The number of alkyl halides is 3. The Bertz CT molecular complexity index is 1230. The molecule has 0 aliphatic carbocycles. The van der Waals surface area contributed by atoms with E-state index < -0.39 is 11.7 Å². The Hall–Kier alpha value is -3.27. The van der Waals surface area contributed by atoms with Crippen molar-refractivity contribution in [3.8, 4) is 11.4 Å². The molecule has 0 spiro atoms. The molecule has 1 aliphatic rings. The average molecular weight is 427 g/mol. The summed E-state index contributed by atoms with van der Waals surface area (Å²) < 4.78 is 41.0. The average Bonchev–Trinajstić information content (AvgIpc) is 3.06. The summed E-state index contributed by atoms with van der Waals surface area (Å²) in [4.78, 5) is 13.0. The minimum atomic E-state index is -4.49. The number of fused-ring (bicyclic) bond motifs is 3. The molecule has 1 atom stereocenters. The van der Waals surface area contributed by atoms with Crippen LogP contribution < -0.4 is 10.6 Å². The second kappa shape index (κ2) is 7.77. The lowest BCUT2D eigenvalue weighted by Crippen LogP contribution is -2.32. The smallest absolute Gasteiger partial charge is 0.350 e. The van der Waals surface area contributed by atoms with Gasteiger partial charge in [0.05, 0.1) is 11.1 Å². The summed E-state index contributed by atoms with van der Waals surface area (Å²) in [5.74, 6) is 0.680. The van der Waals surface area contributed by atoms with Crippen LogP contribution in [0.1, 0.15) is 24.8 Å². The molecule has 31 heavy (non-hydrogen) atoms. The van der Waals surface area contributed by atoms with Crippen molar-refractivity contribution in [1.82, 2.24) is 29.9 Å². The minimum absolute atomic E-state index is 0.166. The first-order valence-electron chi connectivity index (χ1n) is 10.1. The molecule has 10 heteroatoms. The van der Waals surface area contributed by atoms with Crippen LogP contribution >= 0.6 is 0 Å². The van der Waals surface area contributed by atoms with E-state index in [0.29, 0.717) is 11.6 Å². The molecule has 160 valence electrons. The third-order valence-electron chi connectivity index (χ3n) is 5.38. The van der Waals surface area contributed by atoms with E-state index >= 15 is 0 Å². The van der Waals surface area contributed by atoms with E-state index in [2.05, 4.69) is 25.7 Å². The molecular weight excluding hydrogens is 407 g/mol. The molecule has 0 bridgehead atoms. The zero-order chi connectivity index (χ0) is 21.4. The third-order valence-corrected chi connectivity index (χ3v) is 5.38. The fourth-order valence-corrected chi connectivity index (χ4v) is 3.81. The highest BCUT2D eigenvalue weighted by Gasteiger charge is 2.31. The van der Waals surface area contributed by atoms with Gasteiger partial charge >= 0.3 is 6.18 Å². The van der Waals surface area contributed by atoms with Gasteiger partial charge in [-0.25, -0.2) is 9.97 Å². The van der Waals surface area contributed by atoms with E-state index in [1.807, 2.05) is 24.3 Å². The van der Waals surface area contributed by atoms with E-state index in [0.717, 1.165) is 55.5 Å². The van der Waals surface area contributed by atoms with E-state index in [-0.39, 0.29) is 17.4 Å². The number of benzene rings is 1. The quantitative estimate of drug-likeness (QED) is 0.516. The van der Waals surface area contributed by atoms with Crippen LogP contribution in [0, 0.1) is 0 Å². The first kappa shape index (κ1) is 19.7. The zero-order valence-electron chi connectivity index (χ0n) is 16.5. The van der Waals surface area contributed by atoms with Gasteiger partial charge in [-0.05, 0) is 37.6 Å². The molecule has 1 fully saturated rings. The van der Waals surface area contributed by atoms with Crippen molar-refractivity contribution in [2.24, 2.45) is 0 Å². The Labute approximate surface area is 175 Å². The lowest BCUT2D eigenvalue weighted by molar-refractivity contribution is -0.137. The molecule has 7 nitrogen and oxygen atoms in total. The number of aromatic nitrogens is 5. The predicted octanol–water partition coefficient (Wildman–Crippen LogP) is 3.91. The van der Waals surface area contributed by atoms with Crippen LogP contribution in [0.3, 0.4) is 0 Å². The van der Waals surface area contributed by atoms with Gasteiger partial charge < -0.3 is 10.6 Å². The number of hydrogen-bond acceptors (Lipinski definition) is 6. The summed E-state index contributed by atoms with van der Waals surface area (Å²) in [5.41, 5.74) is 0.627. The Balaban J connectivity index is 1.63. The molecule has 1 aromatic carbocycles. The summed E-state index contributed by atoms with van der Waals surface area (Å²) in [6.07, 6.45) is 0.844. The van der Waals surface area contributed by atoms with Gasteiger partial charge in [0.15, 0.2) is 11.5 Å². The number of anilines is 1. The summed E-state index contributed by atoms with van der Waals surface area (Å²) >= 11 is 0. The SMILES string of the molecule is FC(F)(F)c1cncc(-c2nc3c4ccccc4nc(N[C@@H]4CCCCNC4)n3n2)c1. The number of nitrogens with one attached hydrogen (secondary N) is 2. The Morgan fingerprint density at radius 1 is 1.10 bits per heavy atom. The molecule has 0 unspecified atom stereocenters. The van der Waals surface area contributed by atoms with Crippen LogP contribution in [0.5, 0.6) is 0 Å². The van der Waals surface area contributed by atoms with Gasteiger partial charge in [0.1, 0.15) is 0 Å². The fraction of sp³-hybridized carbons (Fsp3) is 0.333. The molecule has 1 saturated heterocycles. The van der Waals surface area contributed by atoms with Gasteiger partial charge in [0.2, 0.25) is 5.95 Å². The second-order valence-electron chi connectivity index (χ2n) is 7.62. The van der Waals surface area contributed by atoms with E-state index in [1.54, 1.807) is 4.52 Å². The Morgan fingerprint density at radius 3 is 2.84 bits per heavy atom. The van der Waals surface area contributed by atoms with Gasteiger partial charge in [-0.3, -0.25) is 4.98 Å². The van der Waals surface area contributed by atoms with Crippen molar-refractivity contribution in [2.45, 2.75) is 31.5 Å². The molecule has 0 amide bonds. The van der Waals surface area contributed by atoms with Crippen LogP contribution in [0.25, 0.3) is 27.9 Å². The molecule has 4 heterocycles. The van der Waals surface area contributed by atoms with E-state index in [1.165, 1.54) is 6.20 Å². The third kappa shape index (κ3) is 3.90. The van der Waals surface area contributed by atoms with Crippen molar-refractivity contribution < 1.29 is 13.2 Å². The van der Waals surface area contributed by atoms with Gasteiger partial charge in [0.25, 0.3) is 0 Å². The van der Waals surface area contributed by atoms with E-state index in [9.17, 15) is 13.2 Å². The topological polar surface area (TPSA) is 80.0 Å². The molecule has 3 aromatic heterocycles. The monoisotopic (exact) mass is 427 g/mol. The summed E-state index contributed by atoms with van der Waals surface area (Å²) in [6.45, 7) is 1.78. The Morgan fingerprint density at radius 2 is 1.97 bits per heavy atom. The van der Waals surface area contributed by atoms with Gasteiger partial charge in [0, 0.05) is 35.9 Å². The second-order valence-corrected chi connectivity index (χ2v) is 7.62. The van der Waals surface area contributed by atoms with Crippen LogP contribution in [0.15, 0.2) is 42.7 Å². The van der Waals surface area contributed by atoms with Crippen molar-refractivity contribution in [1.29, 1.82) is 0 Å². The predicted molar refractivity (Wildman–Crippen MR) is 111 cm³/mol. The molecule has 1 aliphatic heterocycles. The first-order valence-corrected chi connectivity index (χ1v) is 10.1. The van der Waals surface area contributed by atoms with Crippen molar-refractivity contribution >= 4 is 22.5 Å². The molecule has 0 saturated carbocycles. The number of halogens is 3. The molecule has 4 aromatic rings. The zero-order valence-corrected chi connectivity index (χ0v) is 16.5. The van der Waals surface area contributed by atoms with E-state index in [4.69, 9.17) is 4.98 Å². The summed E-state index contributed by atoms with van der Waals surface area (Å²) in [7, 11) is 0. The molecular formula is C21H20F3N7. The standard InChI is InChI=1S/C21H20F3N7/c22-21(23,24)14-9-13(10-26-11-14)18-29-19-16-6-1-2-7-17(16)28-20(31(19)30-18)27-15-5-3-4-8-25-12-15/h1-2,6-7,9-11,15,25H,3-5,8,12H2,(H,27,28)/t15-/m1/s1. The Kier molecular flexibility index (Phi) is 4.93. The maximum Gasteiger partial charge on any atom is 0.417 e. The number of pyridine rings is 1. The number of para-hydroxylation sites is 1. The summed E-state index contributed by atoms with van der Waals surface area (Å²) in [6, 6.07) is 8.69. The highest BCUT2D eigenvalue weighted by Crippen LogP contribution is 2.31. The number of rotatable bonds is 3. The first-order chi connectivity index (χ1) is 15.0. The minimum Gasteiger partial charge on any atom is -0.350 e. The van der Waals surface area contributed by atoms with Crippen molar-refractivity contribution in [3.05, 3.63) is 48.3 Å². The van der Waals surface area contributed by atoms with Gasteiger partial charge in [-0.1, -0.05) is 18.6 Å². The van der Waals surface area contributed by atoms with Crippen molar-refractivity contribution in [2.75, 3.05) is 18.4 Å². The summed E-state index contributed by atoms with van der Waals surface area (Å²) in [5, 5.41) is 12.1. The van der Waals surface area contributed by atoms with Crippen LogP contribution in [0.2, 0.25) is 0 Å². The molecule has 2 N–H and O–H groups in total. The molecule has 5 rings (SSSR count). The highest BCUT2D eigenvalue weighted by atomic mass is 19.4. The highest BCUT2D eigenvalue weighted by molar-refractivity contribution is 5.92. The van der Waals surface area contributed by atoms with Gasteiger partial charge in [-0.15, -0.1) is 5.10 Å². The number of hydrogen-bond donors (Lipinski definition) is 2. The molecule has 0 radical (unpaired) electrons. The van der Waals surface area contributed by atoms with Crippen LogP contribution in [0.4, 0.5) is 19.1 Å². The van der Waals surface area contributed by atoms with Crippen LogP contribution in [-0.2, 0) is 6.18 Å². The largest absolute Gasteiger partial charge is 0.417 e. The van der Waals surface area contributed by atoms with Crippen molar-refractivity contribution in [3.63, 3.8) is 0 Å². The normalized spacial score (nSPS) is 17.7.